The number of para-hydroxylation sites is 1. The third-order valence-electron chi connectivity index (χ3n) is 3.88. The zero-order chi connectivity index (χ0) is 19.6. The van der Waals surface area contributed by atoms with Crippen LogP contribution in [0.2, 0.25) is 0 Å². The van der Waals surface area contributed by atoms with Gasteiger partial charge in [0, 0.05) is 11.0 Å². The van der Waals surface area contributed by atoms with Gasteiger partial charge in [0.1, 0.15) is 16.6 Å². The van der Waals surface area contributed by atoms with Gasteiger partial charge in [0.05, 0.1) is 23.8 Å². The molecule has 0 aromatic heterocycles. The van der Waals surface area contributed by atoms with Crippen molar-refractivity contribution in [2.24, 2.45) is 0 Å². The van der Waals surface area contributed by atoms with Crippen molar-refractivity contribution in [3.63, 3.8) is 0 Å². The molecule has 0 saturated carbocycles. The highest BCUT2D eigenvalue weighted by Gasteiger charge is 2.34. The van der Waals surface area contributed by atoms with Gasteiger partial charge in [0.25, 0.3) is 5.91 Å². The van der Waals surface area contributed by atoms with Crippen LogP contribution in [0.25, 0.3) is 6.08 Å². The van der Waals surface area contributed by atoms with Crippen molar-refractivity contribution in [1.29, 1.82) is 0 Å². The number of methoxy groups -OCH3 is 1. The lowest BCUT2D eigenvalue weighted by atomic mass is 10.2. The molecule has 1 aromatic rings. The van der Waals surface area contributed by atoms with Gasteiger partial charge in [-0.2, -0.15) is 0 Å². The molecule has 2 aliphatic rings. The van der Waals surface area contributed by atoms with Gasteiger partial charge in [-0.25, -0.2) is 8.42 Å². The highest BCUT2D eigenvalue weighted by atomic mass is 32.2. The Balaban J connectivity index is 1.68. The summed E-state index contributed by atoms with van der Waals surface area (Å²) in [6.07, 6.45) is 3.08. The predicted octanol–water partition coefficient (Wildman–Crippen LogP) is 1.32. The maximum atomic E-state index is 12.6. The first-order chi connectivity index (χ1) is 12.8. The Morgan fingerprint density at radius 3 is 2.85 bits per heavy atom. The molecule has 2 amide bonds. The fourth-order valence-corrected chi connectivity index (χ4v) is 5.11. The monoisotopic (exact) mass is 424 g/mol. The number of thiocarbonyl (C=S) groups is 1. The number of hydrogen-bond donors (Lipinski definition) is 1. The molecule has 0 bridgehead atoms. The number of benzene rings is 1. The van der Waals surface area contributed by atoms with E-state index in [2.05, 4.69) is 5.32 Å². The molecule has 1 saturated heterocycles. The van der Waals surface area contributed by atoms with Crippen molar-refractivity contribution in [3.05, 3.63) is 46.2 Å². The number of hydrogen-bond acceptors (Lipinski definition) is 7. The molecule has 1 aromatic carbocycles. The molecule has 2 heterocycles. The van der Waals surface area contributed by atoms with E-state index >= 15 is 0 Å². The maximum Gasteiger partial charge on any atom is 0.266 e. The summed E-state index contributed by atoms with van der Waals surface area (Å²) >= 11 is 6.32. The number of ether oxygens (including phenoxy) is 1. The molecule has 10 heteroatoms. The first-order valence-electron chi connectivity index (χ1n) is 7.88. The van der Waals surface area contributed by atoms with Gasteiger partial charge >= 0.3 is 0 Å². The van der Waals surface area contributed by atoms with Crippen LogP contribution in [0.4, 0.5) is 0 Å². The van der Waals surface area contributed by atoms with E-state index < -0.39 is 21.8 Å². The first-order valence-corrected chi connectivity index (χ1v) is 10.8. The Morgan fingerprint density at radius 1 is 1.44 bits per heavy atom. The first kappa shape index (κ1) is 19.6. The van der Waals surface area contributed by atoms with E-state index in [0.717, 1.165) is 22.7 Å². The molecule has 7 nitrogen and oxygen atoms in total. The van der Waals surface area contributed by atoms with Gasteiger partial charge in [-0.05, 0) is 18.2 Å². The molecule has 0 aliphatic carbocycles. The minimum atomic E-state index is -3.27. The van der Waals surface area contributed by atoms with Crippen molar-refractivity contribution in [2.75, 3.05) is 19.4 Å². The minimum Gasteiger partial charge on any atom is -0.496 e. The summed E-state index contributed by atoms with van der Waals surface area (Å²) in [5, 5.41) is 3.66. The fraction of sp³-hybridized carbons (Fsp3) is 0.235. The smallest absolute Gasteiger partial charge is 0.266 e. The lowest BCUT2D eigenvalue weighted by Gasteiger charge is -2.16. The minimum absolute atomic E-state index is 0.176. The summed E-state index contributed by atoms with van der Waals surface area (Å²) in [5.41, 5.74) is 0.728. The lowest BCUT2D eigenvalue weighted by molar-refractivity contribution is -0.128. The number of sulfone groups is 1. The van der Waals surface area contributed by atoms with E-state index in [1.54, 1.807) is 19.3 Å². The topological polar surface area (TPSA) is 92.8 Å². The molecular weight excluding hydrogens is 408 g/mol. The Hall–Kier alpha value is -2.17. The fourth-order valence-electron chi connectivity index (χ4n) is 2.62. The molecule has 0 radical (unpaired) electrons. The van der Waals surface area contributed by atoms with Crippen molar-refractivity contribution in [3.8, 4) is 5.75 Å². The third kappa shape index (κ3) is 4.57. The van der Waals surface area contributed by atoms with E-state index in [4.69, 9.17) is 17.0 Å². The van der Waals surface area contributed by atoms with E-state index in [1.165, 1.54) is 11.0 Å². The summed E-state index contributed by atoms with van der Waals surface area (Å²) in [4.78, 5) is 26.4. The molecular formula is C17H16N2O5S3. The third-order valence-corrected chi connectivity index (χ3v) is 6.65. The predicted molar refractivity (Wildman–Crippen MR) is 108 cm³/mol. The van der Waals surface area contributed by atoms with Gasteiger partial charge in [-0.15, -0.1) is 0 Å². The SMILES string of the molecule is COc1ccccc1/C=C1\SC(=S)N(CC(=O)NC2C=CS(=O)(=O)C2)C1=O. The number of rotatable bonds is 5. The quantitative estimate of drug-likeness (QED) is 0.563. The Kier molecular flexibility index (Phi) is 5.68. The molecule has 1 atom stereocenters. The van der Waals surface area contributed by atoms with Gasteiger partial charge < -0.3 is 10.1 Å². The largest absolute Gasteiger partial charge is 0.496 e. The Morgan fingerprint density at radius 2 is 2.19 bits per heavy atom. The second-order valence-corrected chi connectivity index (χ2v) is 9.45. The van der Waals surface area contributed by atoms with Crippen LogP contribution >= 0.6 is 24.0 Å². The van der Waals surface area contributed by atoms with Gasteiger partial charge in [-0.1, -0.05) is 42.2 Å². The Labute approximate surface area is 166 Å². The maximum absolute atomic E-state index is 12.6. The Bertz CT molecular complexity index is 969. The molecule has 1 fully saturated rings. The van der Waals surface area contributed by atoms with Crippen molar-refractivity contribution in [1.82, 2.24) is 10.2 Å². The number of thioether (sulfide) groups is 1. The standard InChI is InChI=1S/C17H16N2O5S3/c1-24-13-5-3-2-4-11(13)8-14-16(21)19(17(25)26-14)9-15(20)18-12-6-7-27(22,23)10-12/h2-8,12H,9-10H2,1H3,(H,18,20)/b14-8-. The molecule has 3 rings (SSSR count). The second kappa shape index (κ2) is 7.83. The summed E-state index contributed by atoms with van der Waals surface area (Å²) in [6.45, 7) is -0.266. The number of amides is 2. The molecule has 0 spiro atoms. The van der Waals surface area contributed by atoms with Crippen LogP contribution in [0.15, 0.2) is 40.7 Å². The molecule has 142 valence electrons. The molecule has 1 unspecified atom stereocenters. The van der Waals surface area contributed by atoms with E-state index in [-0.39, 0.29) is 22.5 Å². The van der Waals surface area contributed by atoms with Crippen LogP contribution in [0, 0.1) is 0 Å². The van der Waals surface area contributed by atoms with Crippen LogP contribution in [-0.2, 0) is 19.4 Å². The number of carbonyl (C=O) groups is 2. The van der Waals surface area contributed by atoms with Crippen LogP contribution in [0.5, 0.6) is 5.75 Å². The van der Waals surface area contributed by atoms with Crippen LogP contribution in [0.1, 0.15) is 5.56 Å². The summed E-state index contributed by atoms with van der Waals surface area (Å²) < 4.78 is 28.3. The van der Waals surface area contributed by atoms with E-state index in [1.807, 2.05) is 18.2 Å². The number of carbonyl (C=O) groups excluding carboxylic acids is 2. The summed E-state index contributed by atoms with van der Waals surface area (Å²) in [5.74, 6) is -0.405. The van der Waals surface area contributed by atoms with Crippen LogP contribution in [-0.4, -0.2) is 54.9 Å². The zero-order valence-corrected chi connectivity index (χ0v) is 16.7. The van der Waals surface area contributed by atoms with E-state index in [9.17, 15) is 18.0 Å². The number of nitrogens with zero attached hydrogens (tertiary/aromatic N) is 1. The molecule has 1 N–H and O–H groups in total. The van der Waals surface area contributed by atoms with Crippen molar-refractivity contribution < 1.29 is 22.7 Å². The van der Waals surface area contributed by atoms with Gasteiger partial charge in [-0.3, -0.25) is 14.5 Å². The second-order valence-electron chi connectivity index (χ2n) is 5.84. The van der Waals surface area contributed by atoms with Crippen molar-refractivity contribution >= 4 is 56.0 Å². The average molecular weight is 425 g/mol. The van der Waals surface area contributed by atoms with Gasteiger partial charge in [0.2, 0.25) is 5.91 Å². The highest BCUT2D eigenvalue weighted by Crippen LogP contribution is 2.34. The number of nitrogens with one attached hydrogen (secondary N) is 1. The van der Waals surface area contributed by atoms with E-state index in [0.29, 0.717) is 10.7 Å². The van der Waals surface area contributed by atoms with Crippen LogP contribution in [0.3, 0.4) is 0 Å². The molecule has 27 heavy (non-hydrogen) atoms. The van der Waals surface area contributed by atoms with Gasteiger partial charge in [0.15, 0.2) is 9.84 Å². The molecule has 2 aliphatic heterocycles. The van der Waals surface area contributed by atoms with Crippen molar-refractivity contribution in [2.45, 2.75) is 6.04 Å². The normalized spacial score (nSPS) is 22.5. The van der Waals surface area contributed by atoms with Crippen LogP contribution < -0.4 is 10.1 Å². The summed E-state index contributed by atoms with van der Waals surface area (Å²) in [7, 11) is -1.73. The lowest BCUT2D eigenvalue weighted by Crippen LogP contribution is -2.43. The summed E-state index contributed by atoms with van der Waals surface area (Å²) in [6, 6.07) is 6.65. The zero-order valence-electron chi connectivity index (χ0n) is 14.2. The average Bonchev–Trinajstić information content (AvgIpc) is 3.08. The highest BCUT2D eigenvalue weighted by molar-refractivity contribution is 8.26.